The van der Waals surface area contributed by atoms with Crippen molar-refractivity contribution in [2.24, 2.45) is 0 Å². The molecule has 0 aromatic carbocycles. The van der Waals surface area contributed by atoms with E-state index in [-0.39, 0.29) is 18.5 Å². The number of hydrogen-bond donors (Lipinski definition) is 2. The number of carbonyl (C=O) groups excluding carboxylic acids is 1. The van der Waals surface area contributed by atoms with Crippen LogP contribution in [0.5, 0.6) is 0 Å². The Morgan fingerprint density at radius 1 is 1.60 bits per heavy atom. The van der Waals surface area contributed by atoms with Gasteiger partial charge in [-0.3, -0.25) is 9.69 Å². The first kappa shape index (κ1) is 13.3. The smallest absolute Gasteiger partial charge is 0.326 e. The van der Waals surface area contributed by atoms with Gasteiger partial charge in [0.1, 0.15) is 0 Å². The van der Waals surface area contributed by atoms with Gasteiger partial charge < -0.3 is 15.3 Å². The Labute approximate surface area is 120 Å². The Bertz CT molecular complexity index is 533. The summed E-state index contributed by atoms with van der Waals surface area (Å²) in [6, 6.07) is 0.221. The van der Waals surface area contributed by atoms with E-state index < -0.39 is 5.97 Å². The van der Waals surface area contributed by atoms with Crippen LogP contribution >= 0.6 is 11.3 Å². The minimum atomic E-state index is -0.833. The highest BCUT2D eigenvalue weighted by Crippen LogP contribution is 2.28. The van der Waals surface area contributed by atoms with Crippen molar-refractivity contribution in [3.8, 4) is 0 Å². The number of carboxylic acid groups (broad SMARTS) is 1. The summed E-state index contributed by atoms with van der Waals surface area (Å²) in [5.74, 6) is -0.833. The van der Waals surface area contributed by atoms with Crippen LogP contribution in [0, 0.1) is 0 Å². The third-order valence-corrected chi connectivity index (χ3v) is 4.50. The Hall–Kier alpha value is -1.67. The minimum Gasteiger partial charge on any atom is -0.481 e. The van der Waals surface area contributed by atoms with Crippen LogP contribution in [0.15, 0.2) is 5.38 Å². The lowest BCUT2D eigenvalue weighted by Gasteiger charge is -2.28. The van der Waals surface area contributed by atoms with Gasteiger partial charge in [-0.05, 0) is 0 Å². The summed E-state index contributed by atoms with van der Waals surface area (Å²) in [6.45, 7) is 3.03. The number of hydrogen-bond acceptors (Lipinski definition) is 5. The number of piperazine rings is 1. The summed E-state index contributed by atoms with van der Waals surface area (Å²) < 4.78 is 0. The highest BCUT2D eigenvalue weighted by molar-refractivity contribution is 7.14. The molecular weight excluding hydrogens is 280 g/mol. The number of amides is 2. The Morgan fingerprint density at radius 2 is 2.45 bits per heavy atom. The van der Waals surface area contributed by atoms with Gasteiger partial charge in [-0.15, -0.1) is 11.3 Å². The number of urea groups is 1. The summed E-state index contributed by atoms with van der Waals surface area (Å²) in [5.41, 5.74) is 0.739. The molecule has 108 valence electrons. The number of anilines is 1. The van der Waals surface area contributed by atoms with Crippen molar-refractivity contribution in [3.63, 3.8) is 0 Å². The van der Waals surface area contributed by atoms with Gasteiger partial charge >= 0.3 is 12.0 Å². The molecule has 1 aromatic rings. The van der Waals surface area contributed by atoms with Gasteiger partial charge in [-0.1, -0.05) is 0 Å². The van der Waals surface area contributed by atoms with Crippen LogP contribution in [-0.4, -0.2) is 59.2 Å². The maximum absolute atomic E-state index is 12.3. The van der Waals surface area contributed by atoms with E-state index in [1.807, 2.05) is 10.3 Å². The second kappa shape index (κ2) is 5.37. The number of aromatic nitrogens is 1. The maximum Gasteiger partial charge on any atom is 0.326 e. The molecule has 0 spiro atoms. The SMILES string of the molecule is O=C(O)CCc1csc(N2C[C@@H]3CNCCN3C2=O)n1. The first-order valence-electron chi connectivity index (χ1n) is 6.60. The van der Waals surface area contributed by atoms with Crippen LogP contribution in [0.3, 0.4) is 0 Å². The van der Waals surface area contributed by atoms with Gasteiger partial charge in [-0.2, -0.15) is 0 Å². The third-order valence-electron chi connectivity index (χ3n) is 3.59. The van der Waals surface area contributed by atoms with E-state index in [1.165, 1.54) is 11.3 Å². The van der Waals surface area contributed by atoms with Gasteiger partial charge in [0.25, 0.3) is 0 Å². The van der Waals surface area contributed by atoms with Crippen molar-refractivity contribution in [1.29, 1.82) is 0 Å². The molecule has 3 heterocycles. The number of thiazole rings is 1. The lowest BCUT2D eigenvalue weighted by Crippen LogP contribution is -2.49. The van der Waals surface area contributed by atoms with Crippen molar-refractivity contribution in [1.82, 2.24) is 15.2 Å². The zero-order chi connectivity index (χ0) is 14.1. The number of carboxylic acids is 1. The quantitative estimate of drug-likeness (QED) is 0.838. The van der Waals surface area contributed by atoms with Crippen LogP contribution in [-0.2, 0) is 11.2 Å². The van der Waals surface area contributed by atoms with E-state index in [1.54, 1.807) is 4.90 Å². The fourth-order valence-electron chi connectivity index (χ4n) is 2.55. The van der Waals surface area contributed by atoms with Gasteiger partial charge in [0.05, 0.1) is 24.7 Å². The van der Waals surface area contributed by atoms with Crippen molar-refractivity contribution in [3.05, 3.63) is 11.1 Å². The Morgan fingerprint density at radius 3 is 3.20 bits per heavy atom. The van der Waals surface area contributed by atoms with Crippen molar-refractivity contribution in [2.45, 2.75) is 18.9 Å². The molecule has 2 N–H and O–H groups in total. The van der Waals surface area contributed by atoms with Crippen molar-refractivity contribution >= 4 is 28.5 Å². The van der Waals surface area contributed by atoms with Crippen molar-refractivity contribution in [2.75, 3.05) is 31.1 Å². The van der Waals surface area contributed by atoms with Crippen LogP contribution in [0.2, 0.25) is 0 Å². The van der Waals surface area contributed by atoms with Crippen LogP contribution in [0.1, 0.15) is 12.1 Å². The molecule has 20 heavy (non-hydrogen) atoms. The molecule has 3 rings (SSSR count). The number of nitrogens with zero attached hydrogens (tertiary/aromatic N) is 3. The Balaban J connectivity index is 1.70. The summed E-state index contributed by atoms with van der Waals surface area (Å²) in [4.78, 5) is 30.8. The van der Waals surface area contributed by atoms with Crippen LogP contribution < -0.4 is 10.2 Å². The topological polar surface area (TPSA) is 85.8 Å². The lowest BCUT2D eigenvalue weighted by molar-refractivity contribution is -0.136. The number of rotatable bonds is 4. The molecule has 2 saturated heterocycles. The predicted octanol–water partition coefficient (Wildman–Crippen LogP) is 0.374. The molecular formula is C12H16N4O3S. The lowest BCUT2D eigenvalue weighted by atomic mass is 10.2. The van der Waals surface area contributed by atoms with Gasteiger partial charge in [0.15, 0.2) is 5.13 Å². The number of fused-ring (bicyclic) bond motifs is 1. The normalized spacial score (nSPS) is 22.2. The molecule has 1 aromatic heterocycles. The number of aryl methyl sites for hydroxylation is 1. The van der Waals surface area contributed by atoms with E-state index >= 15 is 0 Å². The summed E-state index contributed by atoms with van der Waals surface area (Å²) in [6.07, 6.45) is 0.471. The number of aliphatic carboxylic acids is 1. The molecule has 1 atom stereocenters. The standard InChI is InChI=1S/C12H16N4O3S/c17-10(18)2-1-8-7-20-11(14-8)16-6-9-5-13-3-4-15(9)12(16)19/h7,9,13H,1-6H2,(H,17,18)/t9-/m0/s1. The molecule has 2 amide bonds. The first-order chi connectivity index (χ1) is 9.65. The summed E-state index contributed by atoms with van der Waals surface area (Å²) in [5, 5.41) is 14.5. The largest absolute Gasteiger partial charge is 0.481 e. The molecule has 0 saturated carbocycles. The van der Waals surface area contributed by atoms with E-state index in [4.69, 9.17) is 5.11 Å². The molecule has 7 nitrogen and oxygen atoms in total. The zero-order valence-electron chi connectivity index (χ0n) is 10.9. The molecule has 0 radical (unpaired) electrons. The van der Waals surface area contributed by atoms with E-state index in [9.17, 15) is 9.59 Å². The second-order valence-corrected chi connectivity index (χ2v) is 5.80. The predicted molar refractivity (Wildman–Crippen MR) is 74.2 cm³/mol. The molecule has 2 aliphatic heterocycles. The van der Waals surface area contributed by atoms with Gasteiger partial charge in [-0.25, -0.2) is 9.78 Å². The maximum atomic E-state index is 12.3. The third kappa shape index (κ3) is 2.48. The van der Waals surface area contributed by atoms with Gasteiger partial charge in [0, 0.05) is 31.4 Å². The second-order valence-electron chi connectivity index (χ2n) is 4.96. The molecule has 0 bridgehead atoms. The molecule has 0 unspecified atom stereocenters. The monoisotopic (exact) mass is 296 g/mol. The zero-order valence-corrected chi connectivity index (χ0v) is 11.7. The van der Waals surface area contributed by atoms with Gasteiger partial charge in [0.2, 0.25) is 0 Å². The van der Waals surface area contributed by atoms with E-state index in [2.05, 4.69) is 10.3 Å². The number of carbonyl (C=O) groups is 2. The average molecular weight is 296 g/mol. The highest BCUT2D eigenvalue weighted by atomic mass is 32.1. The van der Waals surface area contributed by atoms with E-state index in [0.29, 0.717) is 18.1 Å². The van der Waals surface area contributed by atoms with E-state index in [0.717, 1.165) is 25.3 Å². The fourth-order valence-corrected chi connectivity index (χ4v) is 3.41. The number of nitrogens with one attached hydrogen (secondary N) is 1. The molecule has 2 fully saturated rings. The summed E-state index contributed by atoms with van der Waals surface area (Å²) in [7, 11) is 0. The highest BCUT2D eigenvalue weighted by Gasteiger charge is 2.40. The molecule has 8 heteroatoms. The van der Waals surface area contributed by atoms with Crippen LogP contribution in [0.4, 0.5) is 9.93 Å². The molecule has 2 aliphatic rings. The first-order valence-corrected chi connectivity index (χ1v) is 7.48. The summed E-state index contributed by atoms with van der Waals surface area (Å²) >= 11 is 1.40. The fraction of sp³-hybridized carbons (Fsp3) is 0.583. The average Bonchev–Trinajstić information content (AvgIpc) is 3.02. The minimum absolute atomic E-state index is 0.00985. The van der Waals surface area contributed by atoms with Crippen molar-refractivity contribution < 1.29 is 14.7 Å². The Kier molecular flexibility index (Phi) is 3.58. The van der Waals surface area contributed by atoms with Crippen LogP contribution in [0.25, 0.3) is 0 Å². The molecule has 0 aliphatic carbocycles.